The van der Waals surface area contributed by atoms with Crippen molar-refractivity contribution in [1.29, 1.82) is 0 Å². The molecule has 0 aliphatic carbocycles. The molecule has 0 spiro atoms. The Morgan fingerprint density at radius 1 is 1.25 bits per heavy atom. The van der Waals surface area contributed by atoms with E-state index in [0.29, 0.717) is 11.0 Å². The minimum atomic E-state index is -0.281. The molecule has 60 valence electrons. The summed E-state index contributed by atoms with van der Waals surface area (Å²) >= 11 is 0. The van der Waals surface area contributed by atoms with Crippen LogP contribution >= 0.6 is 0 Å². The van der Waals surface area contributed by atoms with E-state index in [0.717, 1.165) is 5.56 Å². The second kappa shape index (κ2) is 2.41. The van der Waals surface area contributed by atoms with Crippen molar-refractivity contribution in [3.63, 3.8) is 0 Å². The van der Waals surface area contributed by atoms with Gasteiger partial charge in [0.25, 0.3) is 0 Å². The van der Waals surface area contributed by atoms with E-state index < -0.39 is 0 Å². The summed E-state index contributed by atoms with van der Waals surface area (Å²) in [6, 6.07) is 5.32. The number of aromatic nitrogens is 3. The smallest absolute Gasteiger partial charge is 0.333 e. The van der Waals surface area contributed by atoms with Gasteiger partial charge in [0.1, 0.15) is 5.52 Å². The molecule has 0 saturated carbocycles. The van der Waals surface area contributed by atoms with Crippen LogP contribution in [0.5, 0.6) is 6.01 Å². The Morgan fingerprint density at radius 3 is 2.92 bits per heavy atom. The molecule has 0 fully saturated rings. The van der Waals surface area contributed by atoms with Crippen molar-refractivity contribution < 1.29 is 5.11 Å². The van der Waals surface area contributed by atoms with E-state index in [9.17, 15) is 0 Å². The topological polar surface area (TPSA) is 58.9 Å². The molecule has 2 aromatic rings. The van der Waals surface area contributed by atoms with Crippen LogP contribution in [0.25, 0.3) is 11.0 Å². The second-order valence-corrected chi connectivity index (χ2v) is 2.55. The van der Waals surface area contributed by atoms with Gasteiger partial charge in [-0.1, -0.05) is 17.2 Å². The third-order valence-electron chi connectivity index (χ3n) is 1.68. The molecule has 1 aromatic heterocycles. The van der Waals surface area contributed by atoms with Crippen molar-refractivity contribution in [3.8, 4) is 6.01 Å². The van der Waals surface area contributed by atoms with Gasteiger partial charge in [-0.25, -0.2) is 0 Å². The fourth-order valence-corrected chi connectivity index (χ4v) is 1.09. The Balaban J connectivity index is 2.88. The van der Waals surface area contributed by atoms with Gasteiger partial charge in [0, 0.05) is 0 Å². The first kappa shape index (κ1) is 6.97. The van der Waals surface area contributed by atoms with Gasteiger partial charge in [0.2, 0.25) is 0 Å². The maximum atomic E-state index is 8.97. The molecule has 1 heterocycles. The van der Waals surface area contributed by atoms with Crippen LogP contribution in [0.4, 0.5) is 0 Å². The third-order valence-corrected chi connectivity index (χ3v) is 1.68. The van der Waals surface area contributed by atoms with Crippen molar-refractivity contribution in [2.45, 2.75) is 6.92 Å². The summed E-state index contributed by atoms with van der Waals surface area (Å²) in [7, 11) is 0. The Kier molecular flexibility index (Phi) is 1.40. The van der Waals surface area contributed by atoms with Crippen LogP contribution in [0, 0.1) is 6.92 Å². The maximum Gasteiger partial charge on any atom is 0.333 e. The number of fused-ring (bicyclic) bond motifs is 1. The molecule has 4 heteroatoms. The first-order chi connectivity index (χ1) is 5.77. The van der Waals surface area contributed by atoms with Gasteiger partial charge < -0.3 is 5.11 Å². The standard InChI is InChI=1S/C8H7N3O/c1-5-3-2-4-6-7(5)9-8(12)11-10-6/h2-4H,1H3,(H,9,11,12). The molecule has 1 aromatic carbocycles. The van der Waals surface area contributed by atoms with Gasteiger partial charge in [-0.2, -0.15) is 4.98 Å². The van der Waals surface area contributed by atoms with Gasteiger partial charge in [-0.05, 0) is 18.6 Å². The Morgan fingerprint density at radius 2 is 2.08 bits per heavy atom. The van der Waals surface area contributed by atoms with Gasteiger partial charge in [-0.3, -0.25) is 0 Å². The first-order valence-electron chi connectivity index (χ1n) is 3.56. The monoisotopic (exact) mass is 161 g/mol. The highest BCUT2D eigenvalue weighted by atomic mass is 16.3. The SMILES string of the molecule is Cc1cccc2nnc(O)nc12. The third kappa shape index (κ3) is 0.972. The lowest BCUT2D eigenvalue weighted by molar-refractivity contribution is 0.425. The van der Waals surface area contributed by atoms with Crippen LogP contribution in [0.3, 0.4) is 0 Å². The lowest BCUT2D eigenvalue weighted by atomic mass is 10.2. The molecule has 1 N–H and O–H groups in total. The number of rotatable bonds is 0. The molecule has 0 amide bonds. The molecular weight excluding hydrogens is 154 g/mol. The molecule has 0 aliphatic rings. The highest BCUT2D eigenvalue weighted by molar-refractivity contribution is 5.77. The molecule has 0 atom stereocenters. The van der Waals surface area contributed by atoms with Crippen LogP contribution < -0.4 is 0 Å². The number of hydrogen-bond donors (Lipinski definition) is 1. The molecule has 0 unspecified atom stereocenters. The molecular formula is C8H7N3O. The molecule has 0 saturated heterocycles. The van der Waals surface area contributed by atoms with Crippen molar-refractivity contribution >= 4 is 11.0 Å². The summed E-state index contributed by atoms with van der Waals surface area (Å²) in [5.41, 5.74) is 2.38. The van der Waals surface area contributed by atoms with E-state index in [1.165, 1.54) is 0 Å². The Bertz CT molecular complexity index is 428. The summed E-state index contributed by atoms with van der Waals surface area (Å²) in [5, 5.41) is 16.2. The predicted octanol–water partition coefficient (Wildman–Crippen LogP) is 1.04. The zero-order valence-electron chi connectivity index (χ0n) is 6.52. The summed E-state index contributed by atoms with van der Waals surface area (Å²) in [5.74, 6) is 0. The number of benzene rings is 1. The normalized spacial score (nSPS) is 10.4. The lowest BCUT2D eigenvalue weighted by Crippen LogP contribution is -1.90. The van der Waals surface area contributed by atoms with Crippen molar-refractivity contribution in [2.75, 3.05) is 0 Å². The average Bonchev–Trinajstić information content (AvgIpc) is 2.07. The maximum absolute atomic E-state index is 8.97. The number of aromatic hydroxyl groups is 1. The van der Waals surface area contributed by atoms with Crippen LogP contribution in [-0.2, 0) is 0 Å². The minimum Gasteiger partial charge on any atom is -0.478 e. The zero-order chi connectivity index (χ0) is 8.55. The van der Waals surface area contributed by atoms with Gasteiger partial charge >= 0.3 is 6.01 Å². The van der Waals surface area contributed by atoms with Crippen molar-refractivity contribution in [3.05, 3.63) is 23.8 Å². The van der Waals surface area contributed by atoms with E-state index in [-0.39, 0.29) is 6.01 Å². The summed E-state index contributed by atoms with van der Waals surface area (Å²) in [6.45, 7) is 1.91. The highest BCUT2D eigenvalue weighted by Gasteiger charge is 2.00. The first-order valence-corrected chi connectivity index (χ1v) is 3.56. The molecule has 2 rings (SSSR count). The second-order valence-electron chi connectivity index (χ2n) is 2.55. The number of aryl methyl sites for hydroxylation is 1. The van der Waals surface area contributed by atoms with E-state index in [4.69, 9.17) is 5.11 Å². The van der Waals surface area contributed by atoms with Crippen molar-refractivity contribution in [1.82, 2.24) is 15.2 Å². The molecule has 0 aliphatic heterocycles. The van der Waals surface area contributed by atoms with Gasteiger partial charge in [0.05, 0.1) is 5.52 Å². The van der Waals surface area contributed by atoms with Gasteiger partial charge in [0.15, 0.2) is 0 Å². The highest BCUT2D eigenvalue weighted by Crippen LogP contribution is 2.13. The minimum absolute atomic E-state index is 0.281. The fraction of sp³-hybridized carbons (Fsp3) is 0.125. The molecule has 0 bridgehead atoms. The summed E-state index contributed by atoms with van der Waals surface area (Å²) in [4.78, 5) is 3.86. The number of para-hydroxylation sites is 1. The summed E-state index contributed by atoms with van der Waals surface area (Å²) < 4.78 is 0. The van der Waals surface area contributed by atoms with Crippen LogP contribution in [0.1, 0.15) is 5.56 Å². The Labute approximate surface area is 68.9 Å². The quantitative estimate of drug-likeness (QED) is 0.627. The summed E-state index contributed by atoms with van der Waals surface area (Å²) in [6.07, 6.45) is 0. The molecule has 4 nitrogen and oxygen atoms in total. The molecule has 0 radical (unpaired) electrons. The van der Waals surface area contributed by atoms with Crippen LogP contribution in [0.15, 0.2) is 18.2 Å². The van der Waals surface area contributed by atoms with Crippen molar-refractivity contribution in [2.24, 2.45) is 0 Å². The fourth-order valence-electron chi connectivity index (χ4n) is 1.09. The predicted molar refractivity (Wildman–Crippen MR) is 43.7 cm³/mol. The van der Waals surface area contributed by atoms with E-state index in [1.807, 2.05) is 25.1 Å². The average molecular weight is 161 g/mol. The lowest BCUT2D eigenvalue weighted by Gasteiger charge is -1.97. The van der Waals surface area contributed by atoms with E-state index in [1.54, 1.807) is 0 Å². The van der Waals surface area contributed by atoms with Crippen LogP contribution in [-0.4, -0.2) is 20.3 Å². The number of hydrogen-bond acceptors (Lipinski definition) is 4. The molecule has 12 heavy (non-hydrogen) atoms. The number of nitrogens with zero attached hydrogens (tertiary/aromatic N) is 3. The zero-order valence-corrected chi connectivity index (χ0v) is 6.52. The van der Waals surface area contributed by atoms with Gasteiger partial charge in [-0.15, -0.1) is 5.10 Å². The Hall–Kier alpha value is -1.71. The van der Waals surface area contributed by atoms with E-state index in [2.05, 4.69) is 15.2 Å². The van der Waals surface area contributed by atoms with Crippen LogP contribution in [0.2, 0.25) is 0 Å². The largest absolute Gasteiger partial charge is 0.478 e. The van der Waals surface area contributed by atoms with E-state index >= 15 is 0 Å².